The van der Waals surface area contributed by atoms with E-state index in [2.05, 4.69) is 5.32 Å². The number of nitrogens with one attached hydrogen (secondary N) is 1. The number of aromatic hydroxyl groups is 1. The third-order valence-electron chi connectivity index (χ3n) is 3.69. The van der Waals surface area contributed by atoms with Gasteiger partial charge in [-0.3, -0.25) is 4.79 Å². The van der Waals surface area contributed by atoms with Crippen LogP contribution in [0.4, 0.5) is 0 Å². The van der Waals surface area contributed by atoms with Crippen LogP contribution in [-0.4, -0.2) is 17.6 Å². The zero-order valence-electron chi connectivity index (χ0n) is 13.9. The Morgan fingerprint density at radius 3 is 2.56 bits per heavy atom. The third-order valence-corrected chi connectivity index (χ3v) is 4.86. The van der Waals surface area contributed by atoms with Crippen molar-refractivity contribution in [2.45, 2.75) is 13.5 Å². The molecule has 0 aliphatic carbocycles. The van der Waals surface area contributed by atoms with Crippen molar-refractivity contribution in [1.82, 2.24) is 5.32 Å². The molecule has 0 aliphatic rings. The molecule has 4 nitrogen and oxygen atoms in total. The number of phenolic OH excluding ortho intramolecular Hbond substituents is 1. The Bertz CT molecular complexity index is 858. The minimum Gasteiger partial charge on any atom is -0.508 e. The van der Waals surface area contributed by atoms with Crippen LogP contribution in [-0.2, 0) is 6.54 Å². The van der Waals surface area contributed by atoms with Gasteiger partial charge in [-0.15, -0.1) is 11.3 Å². The lowest BCUT2D eigenvalue weighted by molar-refractivity contribution is 0.0951. The van der Waals surface area contributed by atoms with Crippen molar-refractivity contribution < 1.29 is 14.6 Å². The molecule has 0 atom stereocenters. The van der Waals surface area contributed by atoms with Crippen molar-refractivity contribution in [3.63, 3.8) is 0 Å². The molecule has 0 fully saturated rings. The first-order valence-electron chi connectivity index (χ1n) is 8.06. The zero-order chi connectivity index (χ0) is 17.6. The van der Waals surface area contributed by atoms with Crippen LogP contribution in [0, 0.1) is 0 Å². The van der Waals surface area contributed by atoms with Gasteiger partial charge in [0.1, 0.15) is 16.4 Å². The summed E-state index contributed by atoms with van der Waals surface area (Å²) in [5.41, 5.74) is 1.72. The smallest absolute Gasteiger partial charge is 0.265 e. The van der Waals surface area contributed by atoms with Crippen molar-refractivity contribution in [2.24, 2.45) is 0 Å². The first kappa shape index (κ1) is 17.0. The zero-order valence-corrected chi connectivity index (χ0v) is 14.7. The first-order chi connectivity index (χ1) is 12.2. The van der Waals surface area contributed by atoms with Crippen molar-refractivity contribution in [1.29, 1.82) is 0 Å². The van der Waals surface area contributed by atoms with E-state index in [1.54, 1.807) is 18.2 Å². The molecule has 0 saturated carbocycles. The fourth-order valence-corrected chi connectivity index (χ4v) is 3.48. The number of rotatable bonds is 6. The minimum absolute atomic E-state index is 0.170. The average Bonchev–Trinajstić information content (AvgIpc) is 3.06. The van der Waals surface area contributed by atoms with Crippen molar-refractivity contribution in [3.8, 4) is 21.9 Å². The van der Waals surface area contributed by atoms with E-state index in [0.717, 1.165) is 10.4 Å². The summed E-state index contributed by atoms with van der Waals surface area (Å²) in [6.07, 6.45) is 0. The lowest BCUT2D eigenvalue weighted by Gasteiger charge is -2.07. The Morgan fingerprint density at radius 2 is 1.84 bits per heavy atom. The molecule has 2 N–H and O–H groups in total. The topological polar surface area (TPSA) is 58.6 Å². The molecule has 128 valence electrons. The molecule has 2 aromatic carbocycles. The molecular weight excluding hydrogens is 334 g/mol. The van der Waals surface area contributed by atoms with E-state index < -0.39 is 0 Å². The van der Waals surface area contributed by atoms with Crippen LogP contribution in [0.25, 0.3) is 10.4 Å². The van der Waals surface area contributed by atoms with E-state index in [1.165, 1.54) is 11.3 Å². The van der Waals surface area contributed by atoms with Crippen LogP contribution in [0.2, 0.25) is 0 Å². The van der Waals surface area contributed by atoms with Crippen molar-refractivity contribution in [3.05, 3.63) is 71.1 Å². The third kappa shape index (κ3) is 4.00. The van der Waals surface area contributed by atoms with E-state index in [0.29, 0.717) is 22.8 Å². The maximum Gasteiger partial charge on any atom is 0.265 e. The van der Waals surface area contributed by atoms with Crippen LogP contribution in [0.15, 0.2) is 60.7 Å². The summed E-state index contributed by atoms with van der Waals surface area (Å²) in [6, 6.07) is 18.8. The summed E-state index contributed by atoms with van der Waals surface area (Å²) in [5.74, 6) is 0.545. The van der Waals surface area contributed by atoms with E-state index in [1.807, 2.05) is 49.4 Å². The highest BCUT2D eigenvalue weighted by Crippen LogP contribution is 2.36. The summed E-state index contributed by atoms with van der Waals surface area (Å²) in [7, 11) is 0. The van der Waals surface area contributed by atoms with Gasteiger partial charge in [-0.1, -0.05) is 48.5 Å². The second kappa shape index (κ2) is 7.85. The summed E-state index contributed by atoms with van der Waals surface area (Å²) < 4.78 is 5.64. The quantitative estimate of drug-likeness (QED) is 0.688. The average molecular weight is 353 g/mol. The van der Waals surface area contributed by atoms with E-state index in [-0.39, 0.29) is 18.2 Å². The van der Waals surface area contributed by atoms with E-state index >= 15 is 0 Å². The normalized spacial score (nSPS) is 10.4. The fourth-order valence-electron chi connectivity index (χ4n) is 2.46. The molecule has 5 heteroatoms. The number of benzene rings is 2. The fraction of sp³-hybridized carbons (Fsp3) is 0.150. The molecule has 1 amide bonds. The molecule has 1 aromatic heterocycles. The Labute approximate surface area is 150 Å². The summed E-state index contributed by atoms with van der Waals surface area (Å²) >= 11 is 1.40. The number of para-hydroxylation sites is 1. The molecule has 0 spiro atoms. The number of hydrogen-bond donors (Lipinski definition) is 2. The Morgan fingerprint density at radius 1 is 1.12 bits per heavy atom. The monoisotopic (exact) mass is 353 g/mol. The number of carbonyl (C=O) groups is 1. The largest absolute Gasteiger partial charge is 0.508 e. The molecule has 0 aliphatic heterocycles. The predicted octanol–water partition coefficient (Wildman–Crippen LogP) is 4.45. The van der Waals surface area contributed by atoms with Crippen LogP contribution in [0.5, 0.6) is 11.5 Å². The molecule has 0 unspecified atom stereocenters. The summed E-state index contributed by atoms with van der Waals surface area (Å²) in [4.78, 5) is 14.1. The van der Waals surface area contributed by atoms with Gasteiger partial charge in [-0.25, -0.2) is 0 Å². The van der Waals surface area contributed by atoms with Crippen LogP contribution in [0.1, 0.15) is 22.2 Å². The molecule has 25 heavy (non-hydrogen) atoms. The molecule has 3 rings (SSSR count). The number of hydrogen-bond acceptors (Lipinski definition) is 4. The predicted molar refractivity (Wildman–Crippen MR) is 100 cm³/mol. The standard InChI is InChI=1S/C20H19NO3S/c1-2-24-17-12-18(14-8-4-3-5-9-14)25-19(17)20(23)21-13-15-10-6-7-11-16(15)22/h3-12,22H,2,13H2,1H3,(H,21,23). The van der Waals surface area contributed by atoms with Crippen LogP contribution in [0.3, 0.4) is 0 Å². The van der Waals surface area contributed by atoms with Crippen LogP contribution < -0.4 is 10.1 Å². The molecule has 0 radical (unpaired) electrons. The van der Waals surface area contributed by atoms with Crippen molar-refractivity contribution in [2.75, 3.05) is 6.61 Å². The van der Waals surface area contributed by atoms with E-state index in [4.69, 9.17) is 4.74 Å². The minimum atomic E-state index is -0.209. The molecule has 0 saturated heterocycles. The van der Waals surface area contributed by atoms with Gasteiger partial charge in [0.25, 0.3) is 5.91 Å². The van der Waals surface area contributed by atoms with Gasteiger partial charge in [0.15, 0.2) is 0 Å². The van der Waals surface area contributed by atoms with Gasteiger partial charge < -0.3 is 15.2 Å². The van der Waals surface area contributed by atoms with E-state index in [9.17, 15) is 9.90 Å². The second-order valence-corrected chi connectivity index (χ2v) is 6.47. The van der Waals surface area contributed by atoms with Gasteiger partial charge in [-0.2, -0.15) is 0 Å². The lowest BCUT2D eigenvalue weighted by atomic mass is 10.2. The summed E-state index contributed by atoms with van der Waals surface area (Å²) in [6.45, 7) is 2.64. The molecule has 1 heterocycles. The number of phenols is 1. The Hall–Kier alpha value is -2.79. The first-order valence-corrected chi connectivity index (χ1v) is 8.87. The van der Waals surface area contributed by atoms with Crippen LogP contribution >= 0.6 is 11.3 Å². The SMILES string of the molecule is CCOc1cc(-c2ccccc2)sc1C(=O)NCc1ccccc1O. The highest BCUT2D eigenvalue weighted by atomic mass is 32.1. The number of ether oxygens (including phenoxy) is 1. The van der Waals surface area contributed by atoms with Gasteiger partial charge in [0, 0.05) is 17.0 Å². The molecule has 0 bridgehead atoms. The number of thiophene rings is 1. The molecule has 3 aromatic rings. The van der Waals surface area contributed by atoms with Gasteiger partial charge >= 0.3 is 0 Å². The van der Waals surface area contributed by atoms with Gasteiger partial charge in [-0.05, 0) is 24.6 Å². The Kier molecular flexibility index (Phi) is 5.36. The lowest BCUT2D eigenvalue weighted by Crippen LogP contribution is -2.22. The Balaban J connectivity index is 1.81. The second-order valence-electron chi connectivity index (χ2n) is 5.41. The highest BCUT2D eigenvalue weighted by Gasteiger charge is 2.18. The van der Waals surface area contributed by atoms with Gasteiger partial charge in [0.05, 0.1) is 6.61 Å². The maximum atomic E-state index is 12.6. The highest BCUT2D eigenvalue weighted by molar-refractivity contribution is 7.17. The van der Waals surface area contributed by atoms with Crippen molar-refractivity contribution >= 4 is 17.2 Å². The number of carbonyl (C=O) groups excluding carboxylic acids is 1. The molecular formula is C20H19NO3S. The van der Waals surface area contributed by atoms with Gasteiger partial charge in [0.2, 0.25) is 0 Å². The summed E-state index contributed by atoms with van der Waals surface area (Å²) in [5, 5.41) is 12.7. The maximum absolute atomic E-state index is 12.6. The number of amides is 1.